The number of carboxylic acid groups (broad SMARTS) is 1. The number of aromatic carboxylic acids is 1. The van der Waals surface area contributed by atoms with Crippen molar-refractivity contribution in [2.24, 2.45) is 0 Å². The van der Waals surface area contributed by atoms with Gasteiger partial charge in [0.25, 0.3) is 5.91 Å². The highest BCUT2D eigenvalue weighted by atomic mass is 79.9. The lowest BCUT2D eigenvalue weighted by molar-refractivity contribution is 0.0698. The van der Waals surface area contributed by atoms with Crippen LogP contribution in [0.2, 0.25) is 0 Å². The lowest BCUT2D eigenvalue weighted by Gasteiger charge is -2.11. The van der Waals surface area contributed by atoms with Gasteiger partial charge in [0.2, 0.25) is 0 Å². The smallest absolute Gasteiger partial charge is 0.337 e. The SMILES string of the molecule is O=C(Nc1cc(-c2ccccc2)ccc1C(=O)O)c1cncc(Br)c1. The van der Waals surface area contributed by atoms with E-state index in [1.54, 1.807) is 24.4 Å². The van der Waals surface area contributed by atoms with E-state index in [9.17, 15) is 14.7 Å². The molecule has 2 N–H and O–H groups in total. The van der Waals surface area contributed by atoms with Crippen LogP contribution in [0.3, 0.4) is 0 Å². The summed E-state index contributed by atoms with van der Waals surface area (Å²) < 4.78 is 0.664. The van der Waals surface area contributed by atoms with Crippen molar-refractivity contribution >= 4 is 33.5 Å². The molecule has 1 heterocycles. The Balaban J connectivity index is 1.98. The third kappa shape index (κ3) is 3.92. The van der Waals surface area contributed by atoms with E-state index >= 15 is 0 Å². The Morgan fingerprint density at radius 2 is 1.72 bits per heavy atom. The number of anilines is 1. The Bertz CT molecular complexity index is 942. The average molecular weight is 397 g/mol. The predicted molar refractivity (Wildman–Crippen MR) is 98.7 cm³/mol. The zero-order valence-electron chi connectivity index (χ0n) is 12.9. The van der Waals surface area contributed by atoms with Crippen molar-refractivity contribution in [3.63, 3.8) is 0 Å². The number of carboxylic acids is 1. The van der Waals surface area contributed by atoms with E-state index in [4.69, 9.17) is 0 Å². The first-order valence-electron chi connectivity index (χ1n) is 7.39. The standard InChI is InChI=1S/C19H13BrN2O3/c20-15-8-14(10-21-11-15)18(23)22-17-9-13(6-7-16(17)19(24)25)12-4-2-1-3-5-12/h1-11H,(H,22,23)(H,24,25). The van der Waals surface area contributed by atoms with Gasteiger partial charge in [-0.25, -0.2) is 4.79 Å². The van der Waals surface area contributed by atoms with E-state index in [0.717, 1.165) is 11.1 Å². The summed E-state index contributed by atoms with van der Waals surface area (Å²) >= 11 is 3.26. The Labute approximate surface area is 152 Å². The molecule has 3 aromatic rings. The zero-order valence-corrected chi connectivity index (χ0v) is 14.5. The van der Waals surface area contributed by atoms with Crippen LogP contribution < -0.4 is 5.32 Å². The number of nitrogens with zero attached hydrogens (tertiary/aromatic N) is 1. The quantitative estimate of drug-likeness (QED) is 0.681. The third-order valence-corrected chi connectivity index (χ3v) is 4.01. The summed E-state index contributed by atoms with van der Waals surface area (Å²) in [6.07, 6.45) is 2.98. The molecule has 0 bridgehead atoms. The molecule has 1 aromatic heterocycles. The maximum absolute atomic E-state index is 12.4. The van der Waals surface area contributed by atoms with Gasteiger partial charge in [-0.2, -0.15) is 0 Å². The maximum atomic E-state index is 12.4. The third-order valence-electron chi connectivity index (χ3n) is 3.57. The van der Waals surface area contributed by atoms with Crippen LogP contribution in [0.5, 0.6) is 0 Å². The van der Waals surface area contributed by atoms with Crippen LogP contribution in [-0.2, 0) is 0 Å². The number of carbonyl (C=O) groups excluding carboxylic acids is 1. The number of rotatable bonds is 4. The highest BCUT2D eigenvalue weighted by Crippen LogP contribution is 2.26. The number of aromatic nitrogens is 1. The van der Waals surface area contributed by atoms with Crippen LogP contribution >= 0.6 is 15.9 Å². The van der Waals surface area contributed by atoms with E-state index in [0.29, 0.717) is 10.0 Å². The highest BCUT2D eigenvalue weighted by Gasteiger charge is 2.15. The molecule has 124 valence electrons. The second kappa shape index (κ2) is 7.27. The summed E-state index contributed by atoms with van der Waals surface area (Å²) in [4.78, 5) is 27.8. The van der Waals surface area contributed by atoms with Crippen molar-refractivity contribution in [2.75, 3.05) is 5.32 Å². The molecule has 2 aromatic carbocycles. The Morgan fingerprint density at radius 1 is 0.960 bits per heavy atom. The van der Waals surface area contributed by atoms with E-state index < -0.39 is 11.9 Å². The average Bonchev–Trinajstić information content (AvgIpc) is 2.62. The first-order chi connectivity index (χ1) is 12.0. The van der Waals surface area contributed by atoms with Gasteiger partial charge in [0.05, 0.1) is 16.8 Å². The number of pyridine rings is 1. The second-order valence-corrected chi connectivity index (χ2v) is 6.19. The van der Waals surface area contributed by atoms with Gasteiger partial charge >= 0.3 is 5.97 Å². The maximum Gasteiger partial charge on any atom is 0.337 e. The van der Waals surface area contributed by atoms with Gasteiger partial charge in [0, 0.05) is 16.9 Å². The Hall–Kier alpha value is -2.99. The van der Waals surface area contributed by atoms with E-state index in [1.807, 2.05) is 30.3 Å². The summed E-state index contributed by atoms with van der Waals surface area (Å²) in [6, 6.07) is 16.0. The summed E-state index contributed by atoms with van der Waals surface area (Å²) in [5.74, 6) is -1.54. The van der Waals surface area contributed by atoms with Crippen LogP contribution in [0.15, 0.2) is 71.5 Å². The van der Waals surface area contributed by atoms with Gasteiger partial charge in [-0.05, 0) is 45.3 Å². The van der Waals surface area contributed by atoms with Crippen LogP contribution in [0.1, 0.15) is 20.7 Å². The molecule has 1 amide bonds. The largest absolute Gasteiger partial charge is 0.478 e. The Morgan fingerprint density at radius 3 is 2.40 bits per heavy atom. The topological polar surface area (TPSA) is 79.3 Å². The molecule has 6 heteroatoms. The van der Waals surface area contributed by atoms with Gasteiger partial charge in [0.1, 0.15) is 0 Å². The van der Waals surface area contributed by atoms with Gasteiger partial charge in [-0.1, -0.05) is 36.4 Å². The van der Waals surface area contributed by atoms with Crippen molar-refractivity contribution in [1.29, 1.82) is 0 Å². The number of hydrogen-bond acceptors (Lipinski definition) is 3. The summed E-state index contributed by atoms with van der Waals surface area (Å²) in [6.45, 7) is 0. The lowest BCUT2D eigenvalue weighted by Crippen LogP contribution is -2.15. The number of carbonyl (C=O) groups is 2. The lowest BCUT2D eigenvalue weighted by atomic mass is 10.0. The molecule has 0 saturated carbocycles. The molecular formula is C19H13BrN2O3. The first kappa shape index (κ1) is 16.9. The van der Waals surface area contributed by atoms with Gasteiger partial charge in [-0.3, -0.25) is 9.78 Å². The zero-order chi connectivity index (χ0) is 17.8. The van der Waals surface area contributed by atoms with Crippen molar-refractivity contribution in [3.8, 4) is 11.1 Å². The van der Waals surface area contributed by atoms with Crippen molar-refractivity contribution < 1.29 is 14.7 Å². The van der Waals surface area contributed by atoms with Crippen LogP contribution in [0.4, 0.5) is 5.69 Å². The minimum Gasteiger partial charge on any atom is -0.478 e. The molecule has 25 heavy (non-hydrogen) atoms. The fourth-order valence-electron chi connectivity index (χ4n) is 2.37. The number of hydrogen-bond donors (Lipinski definition) is 2. The molecule has 0 unspecified atom stereocenters. The van der Waals surface area contributed by atoms with E-state index in [1.165, 1.54) is 12.3 Å². The molecule has 0 fully saturated rings. The molecule has 0 radical (unpaired) electrons. The number of nitrogens with one attached hydrogen (secondary N) is 1. The minimum atomic E-state index is -1.11. The molecular weight excluding hydrogens is 384 g/mol. The van der Waals surface area contributed by atoms with Gasteiger partial charge in [0.15, 0.2) is 0 Å². The molecule has 0 spiro atoms. The van der Waals surface area contributed by atoms with Gasteiger partial charge < -0.3 is 10.4 Å². The molecule has 5 nitrogen and oxygen atoms in total. The molecule has 0 aliphatic rings. The van der Waals surface area contributed by atoms with Crippen molar-refractivity contribution in [2.45, 2.75) is 0 Å². The van der Waals surface area contributed by atoms with Gasteiger partial charge in [-0.15, -0.1) is 0 Å². The predicted octanol–water partition coefficient (Wildman–Crippen LogP) is 4.46. The highest BCUT2D eigenvalue weighted by molar-refractivity contribution is 9.10. The fourth-order valence-corrected chi connectivity index (χ4v) is 2.74. The number of benzene rings is 2. The number of amides is 1. The van der Waals surface area contributed by atoms with Crippen LogP contribution in [0.25, 0.3) is 11.1 Å². The molecule has 0 aliphatic carbocycles. The second-order valence-electron chi connectivity index (χ2n) is 5.28. The van der Waals surface area contributed by atoms with E-state index in [2.05, 4.69) is 26.2 Å². The van der Waals surface area contributed by atoms with Crippen LogP contribution in [-0.4, -0.2) is 22.0 Å². The summed E-state index contributed by atoms with van der Waals surface area (Å²) in [5.41, 5.74) is 2.33. The fraction of sp³-hybridized carbons (Fsp3) is 0. The summed E-state index contributed by atoms with van der Waals surface area (Å²) in [5, 5.41) is 12.0. The molecule has 0 atom stereocenters. The Kier molecular flexibility index (Phi) is 4.90. The number of halogens is 1. The summed E-state index contributed by atoms with van der Waals surface area (Å²) in [7, 11) is 0. The normalized spacial score (nSPS) is 10.3. The van der Waals surface area contributed by atoms with Crippen molar-refractivity contribution in [3.05, 3.63) is 82.6 Å². The molecule has 3 rings (SSSR count). The van der Waals surface area contributed by atoms with Crippen LogP contribution in [0, 0.1) is 0 Å². The molecule has 0 saturated heterocycles. The van der Waals surface area contributed by atoms with Crippen molar-refractivity contribution in [1.82, 2.24) is 4.98 Å². The monoisotopic (exact) mass is 396 g/mol. The van der Waals surface area contributed by atoms with E-state index in [-0.39, 0.29) is 11.3 Å². The molecule has 0 aliphatic heterocycles. The first-order valence-corrected chi connectivity index (χ1v) is 8.18. The minimum absolute atomic E-state index is 0.0241.